The molecule has 1 aliphatic heterocycles. The van der Waals surface area contributed by atoms with Crippen molar-refractivity contribution < 1.29 is 27.2 Å². The Balaban J connectivity index is 1.63. The topological polar surface area (TPSA) is 118 Å². The van der Waals surface area contributed by atoms with Crippen LogP contribution in [0.3, 0.4) is 0 Å². The van der Waals surface area contributed by atoms with Crippen LogP contribution >= 0.6 is 0 Å². The third-order valence-corrected chi connectivity index (χ3v) is 6.69. The first-order chi connectivity index (χ1) is 16.6. The molecule has 3 amide bonds. The summed E-state index contributed by atoms with van der Waals surface area (Å²) >= 11 is 0. The highest BCUT2D eigenvalue weighted by Crippen LogP contribution is 2.28. The molecule has 0 radical (unpaired) electrons. The molecule has 180 valence electrons. The van der Waals surface area contributed by atoms with Crippen molar-refractivity contribution in [3.8, 4) is 0 Å². The van der Waals surface area contributed by atoms with Crippen LogP contribution in [0, 0.1) is 5.82 Å². The summed E-state index contributed by atoms with van der Waals surface area (Å²) in [6.45, 7) is 0.155. The predicted molar refractivity (Wildman–Crippen MR) is 126 cm³/mol. The summed E-state index contributed by atoms with van der Waals surface area (Å²) in [5, 5.41) is 5.11. The van der Waals surface area contributed by atoms with E-state index in [0.29, 0.717) is 6.42 Å². The number of primary sulfonamides is 1. The van der Waals surface area contributed by atoms with Crippen molar-refractivity contribution in [2.24, 2.45) is 5.14 Å². The molecule has 0 aromatic heterocycles. The summed E-state index contributed by atoms with van der Waals surface area (Å²) in [5.41, 5.74) is 1.31. The smallest absolute Gasteiger partial charge is 0.257 e. The normalized spacial score (nSPS) is 15.9. The van der Waals surface area contributed by atoms with Crippen LogP contribution in [0.15, 0.2) is 83.8 Å². The maximum atomic E-state index is 13.4. The molecule has 35 heavy (non-hydrogen) atoms. The van der Waals surface area contributed by atoms with Crippen LogP contribution in [0.1, 0.15) is 22.3 Å². The molecule has 10 heteroatoms. The maximum absolute atomic E-state index is 13.4. The lowest BCUT2D eigenvalue weighted by atomic mass is 10.1. The van der Waals surface area contributed by atoms with E-state index in [2.05, 4.69) is 0 Å². The Morgan fingerprint density at radius 2 is 1.60 bits per heavy atom. The number of sulfonamides is 1. The largest absolute Gasteiger partial charge is 0.326 e. The van der Waals surface area contributed by atoms with Gasteiger partial charge in [-0.25, -0.2) is 22.8 Å². The van der Waals surface area contributed by atoms with E-state index in [4.69, 9.17) is 5.14 Å². The van der Waals surface area contributed by atoms with Crippen LogP contribution in [0.5, 0.6) is 0 Å². The van der Waals surface area contributed by atoms with Gasteiger partial charge >= 0.3 is 0 Å². The summed E-state index contributed by atoms with van der Waals surface area (Å²) in [4.78, 5) is 41.6. The number of anilines is 1. The van der Waals surface area contributed by atoms with Crippen LogP contribution < -0.4 is 10.0 Å². The monoisotopic (exact) mass is 495 g/mol. The Bertz CT molecular complexity index is 1360. The van der Waals surface area contributed by atoms with E-state index >= 15 is 0 Å². The molecular formula is C25H22FN3O5S. The fraction of sp³-hybridized carbons (Fsp3) is 0.160. The number of rotatable bonds is 7. The van der Waals surface area contributed by atoms with Gasteiger partial charge in [0.15, 0.2) is 0 Å². The first-order valence-electron chi connectivity index (χ1n) is 10.8. The van der Waals surface area contributed by atoms with E-state index < -0.39 is 39.6 Å². The zero-order valence-electron chi connectivity index (χ0n) is 18.5. The van der Waals surface area contributed by atoms with Crippen LogP contribution in [-0.2, 0) is 26.0 Å². The van der Waals surface area contributed by atoms with E-state index in [0.717, 1.165) is 22.6 Å². The van der Waals surface area contributed by atoms with E-state index in [-0.39, 0.29) is 29.1 Å². The molecule has 8 nitrogen and oxygen atoms in total. The molecule has 1 fully saturated rings. The fourth-order valence-corrected chi connectivity index (χ4v) is 4.48. The standard InChI is InChI=1S/C25H22FN3O5S/c26-19-8-6-18(7-9-19)24(31)28(15-14-17-4-2-1-3-5-17)22-16-23(30)29(25(22)32)20-10-12-21(13-11-20)35(27,33)34/h1-13,22H,14-16H2,(H2,27,33,34). The first-order valence-corrected chi connectivity index (χ1v) is 12.3. The Kier molecular flexibility index (Phi) is 6.77. The Hall–Kier alpha value is -3.89. The van der Waals surface area contributed by atoms with E-state index in [9.17, 15) is 27.2 Å². The quantitative estimate of drug-likeness (QED) is 0.506. The number of imide groups is 1. The molecule has 3 aromatic rings. The SMILES string of the molecule is NS(=O)(=O)c1ccc(N2C(=O)CC(N(CCc3ccccc3)C(=O)c3ccc(F)cc3)C2=O)cc1. The Labute approximate surface area is 201 Å². The molecule has 0 aliphatic carbocycles. The molecule has 1 atom stereocenters. The second-order valence-corrected chi connectivity index (χ2v) is 9.63. The number of halogens is 1. The Morgan fingerprint density at radius 3 is 2.20 bits per heavy atom. The lowest BCUT2D eigenvalue weighted by Gasteiger charge is -2.28. The lowest BCUT2D eigenvalue weighted by Crippen LogP contribution is -2.46. The van der Waals surface area contributed by atoms with Gasteiger partial charge in [-0.15, -0.1) is 0 Å². The van der Waals surface area contributed by atoms with Crippen LogP contribution in [-0.4, -0.2) is 43.6 Å². The molecule has 0 saturated carbocycles. The summed E-state index contributed by atoms with van der Waals surface area (Å²) in [6.07, 6.45) is 0.201. The number of hydrogen-bond acceptors (Lipinski definition) is 5. The van der Waals surface area contributed by atoms with Gasteiger partial charge in [-0.1, -0.05) is 30.3 Å². The summed E-state index contributed by atoms with van der Waals surface area (Å²) in [7, 11) is -3.94. The highest BCUT2D eigenvalue weighted by atomic mass is 32.2. The third-order valence-electron chi connectivity index (χ3n) is 5.76. The molecular weight excluding hydrogens is 473 g/mol. The molecule has 1 saturated heterocycles. The molecule has 0 spiro atoms. The second kappa shape index (κ2) is 9.77. The van der Waals surface area contributed by atoms with Crippen molar-refractivity contribution >= 4 is 33.4 Å². The average Bonchev–Trinajstić information content (AvgIpc) is 3.13. The zero-order chi connectivity index (χ0) is 25.2. The van der Waals surface area contributed by atoms with Crippen molar-refractivity contribution in [1.82, 2.24) is 4.90 Å². The van der Waals surface area contributed by atoms with Crippen molar-refractivity contribution in [2.75, 3.05) is 11.4 Å². The number of nitrogens with two attached hydrogens (primary N) is 1. The number of carbonyl (C=O) groups excluding carboxylic acids is 3. The fourth-order valence-electron chi connectivity index (χ4n) is 3.97. The maximum Gasteiger partial charge on any atom is 0.257 e. The molecule has 1 aliphatic rings. The van der Waals surface area contributed by atoms with E-state index in [1.54, 1.807) is 0 Å². The Morgan fingerprint density at radius 1 is 0.971 bits per heavy atom. The number of benzene rings is 3. The van der Waals surface area contributed by atoms with Crippen LogP contribution in [0.25, 0.3) is 0 Å². The van der Waals surface area contributed by atoms with Gasteiger partial charge in [0.05, 0.1) is 17.0 Å². The second-order valence-electron chi connectivity index (χ2n) is 8.07. The molecule has 1 heterocycles. The number of hydrogen-bond donors (Lipinski definition) is 1. The van der Waals surface area contributed by atoms with Crippen LogP contribution in [0.2, 0.25) is 0 Å². The lowest BCUT2D eigenvalue weighted by molar-refractivity contribution is -0.122. The van der Waals surface area contributed by atoms with Gasteiger partial charge in [0, 0.05) is 12.1 Å². The van der Waals surface area contributed by atoms with E-state index in [1.807, 2.05) is 30.3 Å². The van der Waals surface area contributed by atoms with Gasteiger partial charge in [0.2, 0.25) is 15.9 Å². The molecule has 1 unspecified atom stereocenters. The molecule has 3 aromatic carbocycles. The van der Waals surface area contributed by atoms with Gasteiger partial charge in [0.25, 0.3) is 11.8 Å². The summed E-state index contributed by atoms with van der Waals surface area (Å²) < 4.78 is 36.4. The average molecular weight is 496 g/mol. The molecule has 0 bridgehead atoms. The summed E-state index contributed by atoms with van der Waals surface area (Å²) in [6, 6.07) is 18.3. The van der Waals surface area contributed by atoms with Crippen molar-refractivity contribution in [1.29, 1.82) is 0 Å². The molecule has 4 rings (SSSR count). The van der Waals surface area contributed by atoms with Crippen molar-refractivity contribution in [3.63, 3.8) is 0 Å². The first kappa shape index (κ1) is 24.2. The number of carbonyl (C=O) groups is 3. The highest BCUT2D eigenvalue weighted by Gasteiger charge is 2.44. The zero-order valence-corrected chi connectivity index (χ0v) is 19.3. The number of amides is 3. The minimum atomic E-state index is -3.94. The van der Waals surface area contributed by atoms with Crippen molar-refractivity contribution in [3.05, 3.63) is 95.8 Å². The van der Waals surface area contributed by atoms with Gasteiger partial charge < -0.3 is 4.90 Å². The molecule has 2 N–H and O–H groups in total. The third kappa shape index (κ3) is 5.28. The van der Waals surface area contributed by atoms with Gasteiger partial charge in [-0.3, -0.25) is 14.4 Å². The minimum absolute atomic E-state index is 0.155. The van der Waals surface area contributed by atoms with Gasteiger partial charge in [0.1, 0.15) is 11.9 Å². The minimum Gasteiger partial charge on any atom is -0.326 e. The van der Waals surface area contributed by atoms with Gasteiger partial charge in [-0.05, 0) is 60.5 Å². The van der Waals surface area contributed by atoms with E-state index in [1.165, 1.54) is 41.3 Å². The number of nitrogens with zero attached hydrogens (tertiary/aromatic N) is 2. The highest BCUT2D eigenvalue weighted by molar-refractivity contribution is 7.89. The summed E-state index contributed by atoms with van der Waals surface area (Å²) in [5.74, 6) is -2.14. The van der Waals surface area contributed by atoms with Gasteiger partial charge in [-0.2, -0.15) is 0 Å². The van der Waals surface area contributed by atoms with Crippen molar-refractivity contribution in [2.45, 2.75) is 23.8 Å². The van der Waals surface area contributed by atoms with Crippen LogP contribution in [0.4, 0.5) is 10.1 Å². The predicted octanol–water partition coefficient (Wildman–Crippen LogP) is 2.49.